The number of nitrogens with one attached hydrogen (secondary N) is 1. The lowest BCUT2D eigenvalue weighted by Gasteiger charge is -2.19. The monoisotopic (exact) mass is 481 g/mol. The van der Waals surface area contributed by atoms with E-state index in [0.29, 0.717) is 40.4 Å². The predicted octanol–water partition coefficient (Wildman–Crippen LogP) is 5.14. The van der Waals surface area contributed by atoms with Gasteiger partial charge in [0, 0.05) is 28.7 Å². The number of allylic oxidation sites excluding steroid dienone is 1. The molecule has 0 bridgehead atoms. The molecule has 3 rings (SSSR count). The van der Waals surface area contributed by atoms with Crippen LogP contribution in [0.15, 0.2) is 47.1 Å². The lowest BCUT2D eigenvalue weighted by Crippen LogP contribution is -2.44. The van der Waals surface area contributed by atoms with Crippen molar-refractivity contribution in [3.63, 3.8) is 0 Å². The van der Waals surface area contributed by atoms with Crippen LogP contribution >= 0.6 is 0 Å². The Morgan fingerprint density at radius 2 is 1.74 bits per heavy atom. The zero-order chi connectivity index (χ0) is 25.7. The maximum Gasteiger partial charge on any atom is 0.326 e. The van der Waals surface area contributed by atoms with Crippen molar-refractivity contribution in [2.45, 2.75) is 33.2 Å². The summed E-state index contributed by atoms with van der Waals surface area (Å²) < 4.78 is 22.1. The number of aliphatic carboxylic acids is 1. The van der Waals surface area contributed by atoms with E-state index in [1.54, 1.807) is 47.5 Å². The topological polar surface area (TPSA) is 107 Å². The summed E-state index contributed by atoms with van der Waals surface area (Å²) in [4.78, 5) is 24.2. The lowest BCUT2D eigenvalue weighted by atomic mass is 9.98. The van der Waals surface area contributed by atoms with Crippen molar-refractivity contribution >= 4 is 28.4 Å². The first-order chi connectivity index (χ1) is 16.7. The molecule has 0 saturated carbocycles. The Morgan fingerprint density at radius 1 is 1.06 bits per heavy atom. The number of fused-ring (bicyclic) bond motifs is 1. The summed E-state index contributed by atoms with van der Waals surface area (Å²) in [6.07, 6.45) is 3.67. The number of amides is 1. The van der Waals surface area contributed by atoms with Crippen LogP contribution < -0.4 is 19.5 Å². The van der Waals surface area contributed by atoms with Gasteiger partial charge in [-0.05, 0) is 42.2 Å². The summed E-state index contributed by atoms with van der Waals surface area (Å²) >= 11 is 0. The molecule has 0 aliphatic heterocycles. The van der Waals surface area contributed by atoms with Crippen molar-refractivity contribution in [1.29, 1.82) is 0 Å². The van der Waals surface area contributed by atoms with E-state index in [1.807, 2.05) is 31.2 Å². The van der Waals surface area contributed by atoms with Crippen molar-refractivity contribution in [2.75, 3.05) is 21.3 Å². The third-order valence-electron chi connectivity index (χ3n) is 6.14. The molecule has 0 radical (unpaired) electrons. The molecule has 8 heteroatoms. The van der Waals surface area contributed by atoms with Crippen LogP contribution in [-0.2, 0) is 9.59 Å². The number of carboxylic acid groups (broad SMARTS) is 1. The minimum absolute atomic E-state index is 0.203. The van der Waals surface area contributed by atoms with Crippen LogP contribution in [0.25, 0.3) is 27.7 Å². The van der Waals surface area contributed by atoms with Gasteiger partial charge in [-0.2, -0.15) is 0 Å². The normalized spacial score (nSPS) is 13.3. The molecule has 0 aliphatic rings. The Morgan fingerprint density at radius 3 is 2.34 bits per heavy atom. The van der Waals surface area contributed by atoms with Gasteiger partial charge in [0.15, 0.2) is 11.5 Å². The molecule has 0 aliphatic carbocycles. The molecule has 35 heavy (non-hydrogen) atoms. The second-order valence-electron chi connectivity index (χ2n) is 8.31. The predicted molar refractivity (Wildman–Crippen MR) is 134 cm³/mol. The number of carboxylic acids is 1. The maximum atomic E-state index is 12.7. The average Bonchev–Trinajstić information content (AvgIpc) is 3.28. The third kappa shape index (κ3) is 5.42. The van der Waals surface area contributed by atoms with Gasteiger partial charge in [-0.3, -0.25) is 4.79 Å². The highest BCUT2D eigenvalue weighted by molar-refractivity contribution is 6.01. The molecule has 2 unspecified atom stereocenters. The fourth-order valence-electron chi connectivity index (χ4n) is 3.91. The fourth-order valence-corrected chi connectivity index (χ4v) is 3.91. The van der Waals surface area contributed by atoms with E-state index < -0.39 is 17.9 Å². The van der Waals surface area contributed by atoms with E-state index in [0.717, 1.165) is 16.5 Å². The summed E-state index contributed by atoms with van der Waals surface area (Å²) in [6, 6.07) is 8.29. The van der Waals surface area contributed by atoms with E-state index in [1.165, 1.54) is 6.08 Å². The number of rotatable bonds is 10. The Kier molecular flexibility index (Phi) is 8.06. The van der Waals surface area contributed by atoms with Crippen LogP contribution in [-0.4, -0.2) is 44.4 Å². The largest absolute Gasteiger partial charge is 0.496 e. The van der Waals surface area contributed by atoms with Crippen LogP contribution in [0.1, 0.15) is 32.8 Å². The molecule has 1 amide bonds. The van der Waals surface area contributed by atoms with Crippen LogP contribution in [0.2, 0.25) is 0 Å². The van der Waals surface area contributed by atoms with Gasteiger partial charge < -0.3 is 29.1 Å². The van der Waals surface area contributed by atoms with Crippen molar-refractivity contribution in [2.24, 2.45) is 5.92 Å². The Bertz CT molecular complexity index is 1260. The molecule has 0 fully saturated rings. The van der Waals surface area contributed by atoms with Gasteiger partial charge in [0.25, 0.3) is 0 Å². The maximum absolute atomic E-state index is 12.7. The summed E-state index contributed by atoms with van der Waals surface area (Å²) in [5, 5.41) is 12.9. The zero-order valence-corrected chi connectivity index (χ0v) is 20.8. The number of benzene rings is 2. The quantitative estimate of drug-likeness (QED) is 0.386. The van der Waals surface area contributed by atoms with Gasteiger partial charge >= 0.3 is 5.97 Å². The van der Waals surface area contributed by atoms with Gasteiger partial charge in [-0.1, -0.05) is 26.3 Å². The molecule has 0 saturated heterocycles. The molecule has 1 aromatic heterocycles. The lowest BCUT2D eigenvalue weighted by molar-refractivity contribution is -0.142. The molecule has 0 spiro atoms. The molecule has 3 aromatic rings. The number of carbonyl (C=O) groups excluding carboxylic acids is 1. The second kappa shape index (κ2) is 11.0. The van der Waals surface area contributed by atoms with Gasteiger partial charge in [0.2, 0.25) is 5.91 Å². The van der Waals surface area contributed by atoms with E-state index >= 15 is 0 Å². The first-order valence-corrected chi connectivity index (χ1v) is 11.3. The van der Waals surface area contributed by atoms with Crippen LogP contribution in [0.3, 0.4) is 0 Å². The third-order valence-corrected chi connectivity index (χ3v) is 6.14. The van der Waals surface area contributed by atoms with Crippen LogP contribution in [0.4, 0.5) is 0 Å². The zero-order valence-electron chi connectivity index (χ0n) is 20.8. The van der Waals surface area contributed by atoms with Gasteiger partial charge in [-0.15, -0.1) is 0 Å². The Hall–Kier alpha value is -3.94. The van der Waals surface area contributed by atoms with Gasteiger partial charge in [0.05, 0.1) is 27.6 Å². The summed E-state index contributed by atoms with van der Waals surface area (Å²) in [6.45, 7) is 5.45. The number of hydrogen-bond acceptors (Lipinski definition) is 6. The highest BCUT2D eigenvalue weighted by atomic mass is 16.5. The van der Waals surface area contributed by atoms with Crippen LogP contribution in [0, 0.1) is 5.92 Å². The van der Waals surface area contributed by atoms with Crippen molar-refractivity contribution in [3.8, 4) is 28.4 Å². The average molecular weight is 482 g/mol. The minimum atomic E-state index is -1.06. The highest BCUT2D eigenvalue weighted by Gasteiger charge is 2.25. The number of ether oxygens (including phenoxy) is 3. The molecule has 2 aromatic carbocycles. The van der Waals surface area contributed by atoms with Crippen molar-refractivity contribution in [1.82, 2.24) is 5.32 Å². The van der Waals surface area contributed by atoms with Crippen molar-refractivity contribution in [3.05, 3.63) is 48.2 Å². The van der Waals surface area contributed by atoms with Gasteiger partial charge in [0.1, 0.15) is 17.4 Å². The fraction of sp³-hybridized carbons (Fsp3) is 0.333. The summed E-state index contributed by atoms with van der Waals surface area (Å²) in [7, 11) is 4.70. The molecular formula is C27H31NO7. The SMILES string of the molecule is CCC(C)C(NC(=O)/C=C(\C)c1cc2c(-c3ccc(OC)c(OC)c3)coc2cc1OC)C(=O)O. The molecule has 186 valence electrons. The molecule has 2 atom stereocenters. The number of hydrogen-bond donors (Lipinski definition) is 2. The first-order valence-electron chi connectivity index (χ1n) is 11.3. The van der Waals surface area contributed by atoms with E-state index in [9.17, 15) is 14.7 Å². The molecular weight excluding hydrogens is 450 g/mol. The summed E-state index contributed by atoms with van der Waals surface area (Å²) in [5.41, 5.74) is 3.64. The molecule has 2 N–H and O–H groups in total. The number of carbonyl (C=O) groups is 2. The van der Waals surface area contributed by atoms with E-state index in [-0.39, 0.29) is 5.92 Å². The Labute approximate surface area is 204 Å². The van der Waals surface area contributed by atoms with E-state index in [4.69, 9.17) is 18.6 Å². The standard InChI is InChI=1S/C27H31NO7/c1-7-15(2)26(27(30)31)28-25(29)10-16(3)18-12-19-20(14-35-23(19)13-22(18)33-5)17-8-9-21(32-4)24(11-17)34-6/h8-15,26H,7H2,1-6H3,(H,28,29)(H,30,31)/b16-10+. The minimum Gasteiger partial charge on any atom is -0.496 e. The second-order valence-corrected chi connectivity index (χ2v) is 8.31. The van der Waals surface area contributed by atoms with Crippen LogP contribution in [0.5, 0.6) is 17.2 Å². The van der Waals surface area contributed by atoms with E-state index in [2.05, 4.69) is 5.32 Å². The van der Waals surface area contributed by atoms with Crippen molar-refractivity contribution < 1.29 is 33.3 Å². The smallest absolute Gasteiger partial charge is 0.326 e. The van der Waals surface area contributed by atoms with Gasteiger partial charge in [-0.25, -0.2) is 4.79 Å². The summed E-state index contributed by atoms with van der Waals surface area (Å²) in [5.74, 6) is -0.00117. The molecule has 1 heterocycles. The Balaban J connectivity index is 2.02. The first kappa shape index (κ1) is 25.7. The number of methoxy groups -OCH3 is 3. The number of furan rings is 1. The highest BCUT2D eigenvalue weighted by Crippen LogP contribution is 2.39. The molecule has 8 nitrogen and oxygen atoms in total.